The summed E-state index contributed by atoms with van der Waals surface area (Å²) in [5.74, 6) is 1.44. The maximum Gasteiger partial charge on any atom is 0.219 e. The summed E-state index contributed by atoms with van der Waals surface area (Å²) in [6.45, 7) is 6.81. The molecule has 1 aromatic carbocycles. The van der Waals surface area contributed by atoms with Crippen LogP contribution in [0.2, 0.25) is 0 Å². The van der Waals surface area contributed by atoms with Crippen LogP contribution in [0.3, 0.4) is 0 Å². The van der Waals surface area contributed by atoms with Gasteiger partial charge in [-0.3, -0.25) is 0 Å². The molecule has 3 nitrogen and oxygen atoms in total. The summed E-state index contributed by atoms with van der Waals surface area (Å²) < 4.78 is 5.88. The van der Waals surface area contributed by atoms with E-state index >= 15 is 0 Å². The second kappa shape index (κ2) is 6.53. The monoisotopic (exact) mass is 270 g/mol. The molecule has 0 spiro atoms. The number of nitrogens with two attached hydrogens (primary N) is 1. The topological polar surface area (TPSA) is 48.1 Å². The number of ether oxygens (including phenoxy) is 1. The van der Waals surface area contributed by atoms with E-state index in [2.05, 4.69) is 37.9 Å². The van der Waals surface area contributed by atoms with Gasteiger partial charge in [0.2, 0.25) is 5.88 Å². The van der Waals surface area contributed by atoms with E-state index in [9.17, 15) is 0 Å². The zero-order valence-electron chi connectivity index (χ0n) is 12.4. The van der Waals surface area contributed by atoms with Gasteiger partial charge in [0.1, 0.15) is 5.75 Å². The van der Waals surface area contributed by atoms with Gasteiger partial charge in [-0.25, -0.2) is 4.98 Å². The Balaban J connectivity index is 2.27. The van der Waals surface area contributed by atoms with Crippen molar-refractivity contribution in [3.05, 3.63) is 52.7 Å². The molecule has 0 fully saturated rings. The Labute approximate surface area is 120 Å². The smallest absolute Gasteiger partial charge is 0.219 e. The zero-order chi connectivity index (χ0) is 14.5. The van der Waals surface area contributed by atoms with E-state index in [1.807, 2.05) is 18.2 Å². The minimum Gasteiger partial charge on any atom is -0.439 e. The van der Waals surface area contributed by atoms with Crippen molar-refractivity contribution >= 4 is 0 Å². The van der Waals surface area contributed by atoms with Crippen molar-refractivity contribution in [2.24, 2.45) is 5.73 Å². The highest BCUT2D eigenvalue weighted by Gasteiger charge is 2.05. The first-order valence-electron chi connectivity index (χ1n) is 7.07. The standard InChI is InChI=1S/C17H22N2O/c1-4-5-15-9-14(11-18)10-17(19-15)20-16-7-6-12(2)13(3)8-16/h6-10H,4-5,11,18H2,1-3H3. The number of rotatable bonds is 5. The third kappa shape index (κ3) is 3.58. The first-order valence-corrected chi connectivity index (χ1v) is 7.07. The molecule has 3 heteroatoms. The average molecular weight is 270 g/mol. The van der Waals surface area contributed by atoms with E-state index in [0.29, 0.717) is 12.4 Å². The lowest BCUT2D eigenvalue weighted by Crippen LogP contribution is -2.01. The van der Waals surface area contributed by atoms with Crippen LogP contribution in [-0.2, 0) is 13.0 Å². The number of pyridine rings is 1. The third-order valence-electron chi connectivity index (χ3n) is 3.36. The summed E-state index contributed by atoms with van der Waals surface area (Å²) in [4.78, 5) is 4.54. The van der Waals surface area contributed by atoms with E-state index in [4.69, 9.17) is 10.5 Å². The summed E-state index contributed by atoms with van der Waals surface area (Å²) in [6.07, 6.45) is 2.00. The van der Waals surface area contributed by atoms with E-state index in [1.165, 1.54) is 11.1 Å². The molecule has 0 saturated heterocycles. The summed E-state index contributed by atoms with van der Waals surface area (Å²) in [6, 6.07) is 10.0. The van der Waals surface area contributed by atoms with Crippen molar-refractivity contribution in [3.63, 3.8) is 0 Å². The Hall–Kier alpha value is -1.87. The SMILES string of the molecule is CCCc1cc(CN)cc(Oc2ccc(C)c(C)c2)n1. The molecule has 0 radical (unpaired) electrons. The van der Waals surface area contributed by atoms with Gasteiger partial charge >= 0.3 is 0 Å². The summed E-state index contributed by atoms with van der Waals surface area (Å²) >= 11 is 0. The van der Waals surface area contributed by atoms with Crippen LogP contribution in [0.15, 0.2) is 30.3 Å². The zero-order valence-corrected chi connectivity index (χ0v) is 12.4. The number of hydrogen-bond donors (Lipinski definition) is 1. The van der Waals surface area contributed by atoms with Gasteiger partial charge in [0, 0.05) is 18.3 Å². The molecule has 20 heavy (non-hydrogen) atoms. The molecule has 2 N–H and O–H groups in total. The van der Waals surface area contributed by atoms with E-state index in [1.54, 1.807) is 0 Å². The van der Waals surface area contributed by atoms with Gasteiger partial charge in [0.05, 0.1) is 0 Å². The van der Waals surface area contributed by atoms with Gasteiger partial charge in [0.25, 0.3) is 0 Å². The van der Waals surface area contributed by atoms with Gasteiger partial charge in [-0.15, -0.1) is 0 Å². The van der Waals surface area contributed by atoms with Gasteiger partial charge < -0.3 is 10.5 Å². The van der Waals surface area contributed by atoms with Crippen LogP contribution in [-0.4, -0.2) is 4.98 Å². The van der Waals surface area contributed by atoms with E-state index < -0.39 is 0 Å². The maximum atomic E-state index is 5.88. The summed E-state index contributed by atoms with van der Waals surface area (Å²) in [5, 5.41) is 0. The van der Waals surface area contributed by atoms with E-state index in [0.717, 1.165) is 29.8 Å². The maximum absolute atomic E-state index is 5.88. The number of aryl methyl sites for hydroxylation is 3. The van der Waals surface area contributed by atoms with Crippen molar-refractivity contribution in [1.29, 1.82) is 0 Å². The summed E-state index contributed by atoms with van der Waals surface area (Å²) in [7, 11) is 0. The van der Waals surface area contributed by atoms with Crippen molar-refractivity contribution in [2.75, 3.05) is 0 Å². The van der Waals surface area contributed by atoms with Gasteiger partial charge in [0.15, 0.2) is 0 Å². The second-order valence-electron chi connectivity index (χ2n) is 5.11. The van der Waals surface area contributed by atoms with E-state index in [-0.39, 0.29) is 0 Å². The molecule has 0 saturated carbocycles. The van der Waals surface area contributed by atoms with Gasteiger partial charge in [-0.1, -0.05) is 19.4 Å². The fourth-order valence-electron chi connectivity index (χ4n) is 2.07. The molecule has 0 aliphatic heterocycles. The molecular formula is C17H22N2O. The first kappa shape index (κ1) is 14.5. The molecule has 0 amide bonds. The lowest BCUT2D eigenvalue weighted by atomic mass is 10.1. The Morgan fingerprint density at radius 2 is 1.90 bits per heavy atom. The van der Waals surface area contributed by atoms with Crippen molar-refractivity contribution in [2.45, 2.75) is 40.2 Å². The highest BCUT2D eigenvalue weighted by atomic mass is 16.5. The predicted octanol–water partition coefficient (Wildman–Crippen LogP) is 3.90. The fourth-order valence-corrected chi connectivity index (χ4v) is 2.07. The molecule has 0 bridgehead atoms. The van der Waals surface area contributed by atoms with Crippen LogP contribution in [0.25, 0.3) is 0 Å². The Morgan fingerprint density at radius 1 is 1.10 bits per heavy atom. The van der Waals surface area contributed by atoms with Crippen molar-refractivity contribution in [1.82, 2.24) is 4.98 Å². The van der Waals surface area contributed by atoms with Crippen molar-refractivity contribution < 1.29 is 4.74 Å². The Kier molecular flexibility index (Phi) is 4.74. The van der Waals surface area contributed by atoms with Crippen LogP contribution >= 0.6 is 0 Å². The van der Waals surface area contributed by atoms with Crippen LogP contribution in [0.5, 0.6) is 11.6 Å². The number of hydrogen-bond acceptors (Lipinski definition) is 3. The lowest BCUT2D eigenvalue weighted by molar-refractivity contribution is 0.459. The Morgan fingerprint density at radius 3 is 2.55 bits per heavy atom. The third-order valence-corrected chi connectivity index (χ3v) is 3.36. The number of aromatic nitrogens is 1. The van der Waals surface area contributed by atoms with Crippen LogP contribution in [0.4, 0.5) is 0 Å². The van der Waals surface area contributed by atoms with Crippen molar-refractivity contribution in [3.8, 4) is 11.6 Å². The molecule has 1 aromatic heterocycles. The molecule has 1 heterocycles. The highest BCUT2D eigenvalue weighted by Crippen LogP contribution is 2.23. The number of nitrogens with zero attached hydrogens (tertiary/aromatic N) is 1. The lowest BCUT2D eigenvalue weighted by Gasteiger charge is -2.10. The minimum absolute atomic E-state index is 0.502. The second-order valence-corrected chi connectivity index (χ2v) is 5.11. The molecule has 0 atom stereocenters. The largest absolute Gasteiger partial charge is 0.439 e. The number of benzene rings is 1. The summed E-state index contributed by atoms with van der Waals surface area (Å²) in [5.41, 5.74) is 10.3. The molecule has 2 aromatic rings. The first-order chi connectivity index (χ1) is 9.62. The molecule has 2 rings (SSSR count). The van der Waals surface area contributed by atoms with Crippen LogP contribution < -0.4 is 10.5 Å². The van der Waals surface area contributed by atoms with Gasteiger partial charge in [-0.05, 0) is 55.2 Å². The quantitative estimate of drug-likeness (QED) is 0.896. The molecule has 0 aliphatic rings. The molecule has 0 unspecified atom stereocenters. The van der Waals surface area contributed by atoms with Crippen LogP contribution in [0, 0.1) is 13.8 Å². The predicted molar refractivity (Wildman–Crippen MR) is 82.1 cm³/mol. The normalized spacial score (nSPS) is 10.6. The van der Waals surface area contributed by atoms with Crippen LogP contribution in [0.1, 0.15) is 35.7 Å². The average Bonchev–Trinajstić information content (AvgIpc) is 2.43. The Bertz CT molecular complexity index is 594. The highest BCUT2D eigenvalue weighted by molar-refractivity contribution is 5.36. The molecular weight excluding hydrogens is 248 g/mol. The minimum atomic E-state index is 0.502. The molecule has 0 aliphatic carbocycles. The fraction of sp³-hybridized carbons (Fsp3) is 0.353. The molecule has 106 valence electrons. The van der Waals surface area contributed by atoms with Gasteiger partial charge in [-0.2, -0.15) is 0 Å².